The Bertz CT molecular complexity index is 256. The zero-order chi connectivity index (χ0) is 10.4. The number of anilines is 1. The molecule has 1 aromatic rings. The van der Waals surface area contributed by atoms with E-state index in [1.807, 2.05) is 20.8 Å². The van der Waals surface area contributed by atoms with Crippen LogP contribution in [0, 0.1) is 6.92 Å². The Morgan fingerprint density at radius 2 is 2.00 bits per heavy atom. The number of ether oxygens (including phenoxy) is 1. The Balaban J connectivity index is 0.000000461. The zero-order valence-corrected chi connectivity index (χ0v) is 9.93. The van der Waals surface area contributed by atoms with E-state index in [1.165, 1.54) is 0 Å². The molecule has 0 unspecified atom stereocenters. The van der Waals surface area contributed by atoms with Gasteiger partial charge >= 0.3 is 0 Å². The number of nitrogens with zero attached hydrogens (tertiary/aromatic N) is 2. The van der Waals surface area contributed by atoms with Crippen molar-refractivity contribution in [3.8, 4) is 0 Å². The first kappa shape index (κ1) is 11.5. The lowest BCUT2D eigenvalue weighted by Gasteiger charge is -2.25. The summed E-state index contributed by atoms with van der Waals surface area (Å²) in [4.78, 5) is 6.70. The summed E-state index contributed by atoms with van der Waals surface area (Å²) in [6.07, 6.45) is 0. The largest absolute Gasteiger partial charge is 0.378 e. The molecule has 1 saturated heterocycles. The molecule has 0 aliphatic carbocycles. The summed E-state index contributed by atoms with van der Waals surface area (Å²) in [6.45, 7) is 9.65. The number of hydrogen-bond acceptors (Lipinski definition) is 4. The lowest BCUT2D eigenvalue weighted by atomic mass is 10.5. The summed E-state index contributed by atoms with van der Waals surface area (Å²) in [7, 11) is 0. The van der Waals surface area contributed by atoms with E-state index < -0.39 is 0 Å². The molecule has 1 aliphatic rings. The molecule has 0 radical (unpaired) electrons. The van der Waals surface area contributed by atoms with Crippen molar-refractivity contribution in [1.82, 2.24) is 4.98 Å². The third kappa shape index (κ3) is 2.96. The molecule has 80 valence electrons. The molecule has 2 heterocycles. The van der Waals surface area contributed by atoms with Crippen LogP contribution in [0.15, 0.2) is 5.38 Å². The van der Waals surface area contributed by atoms with E-state index in [2.05, 4.69) is 15.3 Å². The predicted molar refractivity (Wildman–Crippen MR) is 61.2 cm³/mol. The van der Waals surface area contributed by atoms with Gasteiger partial charge in [0.2, 0.25) is 0 Å². The van der Waals surface area contributed by atoms with Gasteiger partial charge in [-0.15, -0.1) is 11.3 Å². The van der Waals surface area contributed by atoms with E-state index in [-0.39, 0.29) is 0 Å². The van der Waals surface area contributed by atoms with E-state index in [4.69, 9.17) is 4.74 Å². The number of hydrogen-bond donors (Lipinski definition) is 0. The minimum Gasteiger partial charge on any atom is -0.378 e. The SMILES string of the molecule is CC.Cc1csc(N2CCOCC2)n1. The highest BCUT2D eigenvalue weighted by atomic mass is 32.1. The molecular weight excluding hydrogens is 196 g/mol. The third-order valence-electron chi connectivity index (χ3n) is 1.89. The van der Waals surface area contributed by atoms with Crippen LogP contribution < -0.4 is 4.90 Å². The summed E-state index contributed by atoms with van der Waals surface area (Å²) < 4.78 is 5.26. The Morgan fingerprint density at radius 1 is 1.36 bits per heavy atom. The van der Waals surface area contributed by atoms with Crippen LogP contribution in [0.4, 0.5) is 5.13 Å². The van der Waals surface area contributed by atoms with Crippen molar-refractivity contribution in [1.29, 1.82) is 0 Å². The van der Waals surface area contributed by atoms with E-state index >= 15 is 0 Å². The van der Waals surface area contributed by atoms with Crippen LogP contribution >= 0.6 is 11.3 Å². The summed E-state index contributed by atoms with van der Waals surface area (Å²) in [6, 6.07) is 0. The number of morpholine rings is 1. The molecule has 0 atom stereocenters. The summed E-state index contributed by atoms with van der Waals surface area (Å²) in [5, 5.41) is 3.22. The van der Waals surface area contributed by atoms with Gasteiger partial charge < -0.3 is 9.64 Å². The van der Waals surface area contributed by atoms with Crippen molar-refractivity contribution in [2.24, 2.45) is 0 Å². The minimum absolute atomic E-state index is 0.832. The predicted octanol–water partition coefficient (Wildman–Crippen LogP) is 2.31. The quantitative estimate of drug-likeness (QED) is 0.717. The van der Waals surface area contributed by atoms with Gasteiger partial charge in [0.1, 0.15) is 0 Å². The number of aromatic nitrogens is 1. The molecule has 0 spiro atoms. The molecular formula is C10H18N2OS. The van der Waals surface area contributed by atoms with Gasteiger partial charge in [-0.2, -0.15) is 0 Å². The first-order valence-electron chi connectivity index (χ1n) is 5.11. The maximum Gasteiger partial charge on any atom is 0.185 e. The van der Waals surface area contributed by atoms with Crippen molar-refractivity contribution < 1.29 is 4.74 Å². The lowest BCUT2D eigenvalue weighted by Crippen LogP contribution is -2.36. The highest BCUT2D eigenvalue weighted by Crippen LogP contribution is 2.20. The van der Waals surface area contributed by atoms with Crippen molar-refractivity contribution >= 4 is 16.5 Å². The van der Waals surface area contributed by atoms with Crippen LogP contribution in [-0.2, 0) is 4.74 Å². The van der Waals surface area contributed by atoms with Crippen LogP contribution in [0.1, 0.15) is 19.5 Å². The number of aryl methyl sites for hydroxylation is 1. The second-order valence-corrected chi connectivity index (χ2v) is 3.71. The van der Waals surface area contributed by atoms with E-state index in [0.717, 1.165) is 37.1 Å². The first-order valence-corrected chi connectivity index (χ1v) is 5.99. The molecule has 0 bridgehead atoms. The van der Waals surface area contributed by atoms with E-state index in [9.17, 15) is 0 Å². The second kappa shape index (κ2) is 5.98. The molecule has 1 aromatic heterocycles. The summed E-state index contributed by atoms with van der Waals surface area (Å²) in [5.74, 6) is 0. The van der Waals surface area contributed by atoms with Crippen molar-refractivity contribution in [2.45, 2.75) is 20.8 Å². The Morgan fingerprint density at radius 3 is 2.50 bits per heavy atom. The van der Waals surface area contributed by atoms with Crippen molar-refractivity contribution in [2.75, 3.05) is 31.2 Å². The van der Waals surface area contributed by atoms with Gasteiger partial charge in [0, 0.05) is 18.5 Å². The molecule has 2 rings (SSSR count). The maximum atomic E-state index is 5.26. The van der Waals surface area contributed by atoms with E-state index in [0.29, 0.717) is 0 Å². The maximum absolute atomic E-state index is 5.26. The molecule has 1 fully saturated rings. The molecule has 0 N–H and O–H groups in total. The normalized spacial score (nSPS) is 16.1. The molecule has 3 nitrogen and oxygen atoms in total. The molecule has 1 aliphatic heterocycles. The molecule has 14 heavy (non-hydrogen) atoms. The first-order chi connectivity index (χ1) is 6.86. The Kier molecular flexibility index (Phi) is 4.90. The smallest absolute Gasteiger partial charge is 0.185 e. The standard InChI is InChI=1S/C8H12N2OS.C2H6/c1-7-6-12-8(9-7)10-2-4-11-5-3-10;1-2/h6H,2-5H2,1H3;1-2H3. The van der Waals surface area contributed by atoms with Gasteiger partial charge in [0.05, 0.1) is 18.9 Å². The lowest BCUT2D eigenvalue weighted by molar-refractivity contribution is 0.122. The molecule has 4 heteroatoms. The van der Waals surface area contributed by atoms with E-state index in [1.54, 1.807) is 11.3 Å². The fraction of sp³-hybridized carbons (Fsp3) is 0.700. The fourth-order valence-electron chi connectivity index (χ4n) is 1.24. The average molecular weight is 214 g/mol. The Hall–Kier alpha value is -0.610. The van der Waals surface area contributed by atoms with Crippen LogP contribution in [0.25, 0.3) is 0 Å². The van der Waals surface area contributed by atoms with Gasteiger partial charge in [-0.25, -0.2) is 4.98 Å². The summed E-state index contributed by atoms with van der Waals surface area (Å²) in [5.41, 5.74) is 1.11. The van der Waals surface area contributed by atoms with Crippen LogP contribution in [0.3, 0.4) is 0 Å². The molecule has 0 aromatic carbocycles. The highest BCUT2D eigenvalue weighted by molar-refractivity contribution is 7.13. The third-order valence-corrected chi connectivity index (χ3v) is 2.91. The number of rotatable bonds is 1. The van der Waals surface area contributed by atoms with Gasteiger partial charge in [-0.1, -0.05) is 13.8 Å². The average Bonchev–Trinajstić information content (AvgIpc) is 2.69. The van der Waals surface area contributed by atoms with Crippen LogP contribution in [0.5, 0.6) is 0 Å². The molecule has 0 amide bonds. The van der Waals surface area contributed by atoms with Gasteiger partial charge in [-0.3, -0.25) is 0 Å². The topological polar surface area (TPSA) is 25.4 Å². The number of thiazole rings is 1. The summed E-state index contributed by atoms with van der Waals surface area (Å²) >= 11 is 1.72. The van der Waals surface area contributed by atoms with Gasteiger partial charge in [0.15, 0.2) is 5.13 Å². The minimum atomic E-state index is 0.832. The molecule has 0 saturated carbocycles. The van der Waals surface area contributed by atoms with Crippen LogP contribution in [-0.4, -0.2) is 31.3 Å². The van der Waals surface area contributed by atoms with Crippen molar-refractivity contribution in [3.05, 3.63) is 11.1 Å². The van der Waals surface area contributed by atoms with Crippen LogP contribution in [0.2, 0.25) is 0 Å². The fourth-order valence-corrected chi connectivity index (χ4v) is 2.10. The monoisotopic (exact) mass is 214 g/mol. The van der Waals surface area contributed by atoms with Crippen molar-refractivity contribution in [3.63, 3.8) is 0 Å². The second-order valence-electron chi connectivity index (χ2n) is 2.87. The van der Waals surface area contributed by atoms with Gasteiger partial charge in [0.25, 0.3) is 0 Å². The zero-order valence-electron chi connectivity index (χ0n) is 9.12. The highest BCUT2D eigenvalue weighted by Gasteiger charge is 2.13. The Labute approximate surface area is 89.7 Å². The van der Waals surface area contributed by atoms with Gasteiger partial charge in [-0.05, 0) is 6.92 Å².